The Labute approximate surface area is 239 Å². The van der Waals surface area contributed by atoms with Gasteiger partial charge in [-0.25, -0.2) is 9.59 Å². The normalized spacial score (nSPS) is 10.8. The number of carbonyl (C=O) groups is 2. The van der Waals surface area contributed by atoms with Gasteiger partial charge in [0.15, 0.2) is 0 Å². The number of ether oxygens (including phenoxy) is 6. The maximum atomic E-state index is 11.8. The summed E-state index contributed by atoms with van der Waals surface area (Å²) in [4.78, 5) is 23.5. The first-order chi connectivity index (χ1) is 19.9. The molecule has 0 radical (unpaired) electrons. The van der Waals surface area contributed by atoms with Crippen LogP contribution in [0.15, 0.2) is 109 Å². The van der Waals surface area contributed by atoms with Crippen molar-refractivity contribution in [1.82, 2.24) is 0 Å². The Balaban J connectivity index is 1.18. The summed E-state index contributed by atoms with van der Waals surface area (Å²) in [5, 5.41) is 0. The van der Waals surface area contributed by atoms with Gasteiger partial charge in [0, 0.05) is 5.41 Å². The lowest BCUT2D eigenvalue weighted by Crippen LogP contribution is -2.19. The van der Waals surface area contributed by atoms with Crippen molar-refractivity contribution in [3.8, 4) is 23.0 Å². The first-order valence-electron chi connectivity index (χ1n) is 13.2. The van der Waals surface area contributed by atoms with Gasteiger partial charge in [-0.05, 0) is 59.7 Å². The molecule has 0 aliphatic carbocycles. The highest BCUT2D eigenvalue weighted by atomic mass is 16.7. The molecule has 0 bridgehead atoms. The van der Waals surface area contributed by atoms with Gasteiger partial charge in [-0.3, -0.25) is 0 Å². The summed E-state index contributed by atoms with van der Waals surface area (Å²) in [6.45, 7) is 4.81. The minimum absolute atomic E-state index is 0.0667. The molecule has 0 N–H and O–H groups in total. The second kappa shape index (κ2) is 14.4. The van der Waals surface area contributed by atoms with Gasteiger partial charge >= 0.3 is 12.3 Å². The highest BCUT2D eigenvalue weighted by molar-refractivity contribution is 5.64. The Morgan fingerprint density at radius 3 is 1.22 bits per heavy atom. The maximum Gasteiger partial charge on any atom is 0.513 e. The average molecular weight is 557 g/mol. The Morgan fingerprint density at radius 2 is 0.854 bits per heavy atom. The largest absolute Gasteiger partial charge is 0.513 e. The SMILES string of the molecule is CC(C)(c1ccc(OCCOC(=O)Oc2ccccc2)cc1)c1ccc(OCCOC(=O)Oc2ccccc2)cc1. The molecular weight excluding hydrogens is 524 g/mol. The van der Waals surface area contributed by atoms with Crippen molar-refractivity contribution < 1.29 is 38.0 Å². The van der Waals surface area contributed by atoms with Gasteiger partial charge < -0.3 is 28.4 Å². The minimum atomic E-state index is -0.773. The third kappa shape index (κ3) is 9.03. The van der Waals surface area contributed by atoms with E-state index < -0.39 is 12.3 Å². The molecule has 0 unspecified atom stereocenters. The fourth-order valence-electron chi connectivity index (χ4n) is 3.90. The standard InChI is InChI=1S/C33H32O8/c1-33(2,25-13-17-27(18-14-25)36-21-23-38-31(34)40-29-9-5-3-6-10-29)26-15-19-28(20-16-26)37-22-24-39-32(35)41-30-11-7-4-8-12-30/h3-20H,21-24H2,1-2H3. The van der Waals surface area contributed by atoms with Crippen LogP contribution in [-0.2, 0) is 14.9 Å². The number of para-hydroxylation sites is 2. The van der Waals surface area contributed by atoms with Crippen LogP contribution in [0.2, 0.25) is 0 Å². The molecule has 4 aromatic carbocycles. The Kier molecular flexibility index (Phi) is 10.2. The van der Waals surface area contributed by atoms with E-state index in [2.05, 4.69) is 13.8 Å². The Morgan fingerprint density at radius 1 is 0.488 bits per heavy atom. The van der Waals surface area contributed by atoms with E-state index in [1.54, 1.807) is 48.5 Å². The van der Waals surface area contributed by atoms with Crippen LogP contribution in [0.5, 0.6) is 23.0 Å². The molecule has 0 heterocycles. The van der Waals surface area contributed by atoms with Crippen molar-refractivity contribution in [2.45, 2.75) is 19.3 Å². The summed E-state index contributed by atoms with van der Waals surface area (Å²) >= 11 is 0. The van der Waals surface area contributed by atoms with Crippen molar-refractivity contribution in [2.24, 2.45) is 0 Å². The summed E-state index contributed by atoms with van der Waals surface area (Å²) in [6.07, 6.45) is -1.55. The van der Waals surface area contributed by atoms with E-state index in [4.69, 9.17) is 28.4 Å². The molecule has 4 rings (SSSR count). The highest BCUT2D eigenvalue weighted by Crippen LogP contribution is 2.33. The van der Waals surface area contributed by atoms with Gasteiger partial charge in [0.1, 0.15) is 49.4 Å². The van der Waals surface area contributed by atoms with E-state index in [1.165, 1.54) is 0 Å². The van der Waals surface area contributed by atoms with E-state index in [9.17, 15) is 9.59 Å². The average Bonchev–Trinajstić information content (AvgIpc) is 2.99. The van der Waals surface area contributed by atoms with Gasteiger partial charge in [0.05, 0.1) is 0 Å². The fourth-order valence-corrected chi connectivity index (χ4v) is 3.90. The van der Waals surface area contributed by atoms with E-state index in [1.807, 2.05) is 60.7 Å². The second-order valence-electron chi connectivity index (χ2n) is 9.40. The molecular formula is C33H32O8. The Bertz CT molecular complexity index is 1260. The molecule has 0 fully saturated rings. The van der Waals surface area contributed by atoms with Gasteiger partial charge in [-0.15, -0.1) is 0 Å². The number of hydrogen-bond acceptors (Lipinski definition) is 8. The van der Waals surface area contributed by atoms with Gasteiger partial charge in [-0.2, -0.15) is 0 Å². The topological polar surface area (TPSA) is 89.5 Å². The zero-order chi connectivity index (χ0) is 28.9. The molecule has 41 heavy (non-hydrogen) atoms. The zero-order valence-corrected chi connectivity index (χ0v) is 23.0. The molecule has 0 amide bonds. The third-order valence-corrected chi connectivity index (χ3v) is 6.18. The van der Waals surface area contributed by atoms with Crippen LogP contribution in [0.3, 0.4) is 0 Å². The van der Waals surface area contributed by atoms with E-state index >= 15 is 0 Å². The van der Waals surface area contributed by atoms with Crippen LogP contribution in [0, 0.1) is 0 Å². The van der Waals surface area contributed by atoms with Crippen LogP contribution < -0.4 is 18.9 Å². The molecule has 212 valence electrons. The summed E-state index contributed by atoms with van der Waals surface area (Å²) in [7, 11) is 0. The van der Waals surface area contributed by atoms with Crippen molar-refractivity contribution in [3.05, 3.63) is 120 Å². The molecule has 0 aliphatic heterocycles. The molecule has 8 heteroatoms. The highest BCUT2D eigenvalue weighted by Gasteiger charge is 2.23. The van der Waals surface area contributed by atoms with E-state index in [-0.39, 0.29) is 31.8 Å². The first-order valence-corrected chi connectivity index (χ1v) is 13.2. The number of carbonyl (C=O) groups excluding carboxylic acids is 2. The molecule has 0 saturated heterocycles. The molecule has 4 aromatic rings. The van der Waals surface area contributed by atoms with Crippen LogP contribution in [0.1, 0.15) is 25.0 Å². The maximum absolute atomic E-state index is 11.8. The van der Waals surface area contributed by atoms with Crippen molar-refractivity contribution in [2.75, 3.05) is 26.4 Å². The van der Waals surface area contributed by atoms with Gasteiger partial charge in [0.2, 0.25) is 0 Å². The number of benzene rings is 4. The second-order valence-corrected chi connectivity index (χ2v) is 9.40. The van der Waals surface area contributed by atoms with Crippen molar-refractivity contribution in [3.63, 3.8) is 0 Å². The number of rotatable bonds is 12. The summed E-state index contributed by atoms with van der Waals surface area (Å²) in [5.41, 5.74) is 1.93. The van der Waals surface area contributed by atoms with Crippen LogP contribution in [0.4, 0.5) is 9.59 Å². The number of hydrogen-bond donors (Lipinski definition) is 0. The third-order valence-electron chi connectivity index (χ3n) is 6.18. The summed E-state index contributed by atoms with van der Waals surface area (Å²) in [5.74, 6) is 2.19. The van der Waals surface area contributed by atoms with E-state index in [0.717, 1.165) is 11.1 Å². The molecule has 0 spiro atoms. The van der Waals surface area contributed by atoms with Crippen LogP contribution >= 0.6 is 0 Å². The molecule has 0 atom stereocenters. The van der Waals surface area contributed by atoms with E-state index in [0.29, 0.717) is 23.0 Å². The Hall–Kier alpha value is -4.98. The summed E-state index contributed by atoms with van der Waals surface area (Å²) < 4.78 is 31.6. The van der Waals surface area contributed by atoms with Crippen molar-refractivity contribution >= 4 is 12.3 Å². The quantitative estimate of drug-likeness (QED) is 0.103. The first kappa shape index (κ1) is 29.0. The molecule has 0 saturated carbocycles. The molecule has 8 nitrogen and oxygen atoms in total. The predicted molar refractivity (Wildman–Crippen MR) is 153 cm³/mol. The lowest BCUT2D eigenvalue weighted by molar-refractivity contribution is 0.0840. The zero-order valence-electron chi connectivity index (χ0n) is 23.0. The lowest BCUT2D eigenvalue weighted by atomic mass is 9.78. The van der Waals surface area contributed by atoms with Gasteiger partial charge in [-0.1, -0.05) is 74.5 Å². The molecule has 0 aromatic heterocycles. The van der Waals surface area contributed by atoms with Crippen LogP contribution in [0.25, 0.3) is 0 Å². The smallest absolute Gasteiger partial charge is 0.490 e. The van der Waals surface area contributed by atoms with Crippen LogP contribution in [-0.4, -0.2) is 38.7 Å². The predicted octanol–water partition coefficient (Wildman–Crippen LogP) is 7.20. The fraction of sp³-hybridized carbons (Fsp3) is 0.212. The molecule has 0 aliphatic rings. The summed E-state index contributed by atoms with van der Waals surface area (Å²) in [6, 6.07) is 33.1. The van der Waals surface area contributed by atoms with Crippen molar-refractivity contribution in [1.29, 1.82) is 0 Å². The lowest BCUT2D eigenvalue weighted by Gasteiger charge is -2.26. The minimum Gasteiger partial charge on any atom is -0.490 e. The van der Waals surface area contributed by atoms with Gasteiger partial charge in [0.25, 0.3) is 0 Å². The monoisotopic (exact) mass is 556 g/mol.